The van der Waals surface area contributed by atoms with E-state index in [9.17, 15) is 0 Å². The number of benzene rings is 1. The molecule has 1 radical (unpaired) electrons. The van der Waals surface area contributed by atoms with Gasteiger partial charge in [0.25, 0.3) is 0 Å². The van der Waals surface area contributed by atoms with Gasteiger partial charge in [0, 0.05) is 5.56 Å². The van der Waals surface area contributed by atoms with Crippen molar-refractivity contribution in [3.63, 3.8) is 0 Å². The van der Waals surface area contributed by atoms with Gasteiger partial charge in [-0.05, 0) is 12.1 Å². The van der Waals surface area contributed by atoms with Gasteiger partial charge in [-0.15, -0.1) is 0 Å². The van der Waals surface area contributed by atoms with Gasteiger partial charge in [-0.3, -0.25) is 0 Å². The van der Waals surface area contributed by atoms with Crippen LogP contribution in [0.15, 0.2) is 51.6 Å². The summed E-state index contributed by atoms with van der Waals surface area (Å²) in [7, 11) is 0. The van der Waals surface area contributed by atoms with Crippen molar-refractivity contribution in [2.75, 3.05) is 0 Å². The topological polar surface area (TPSA) is 52.1 Å². The molecule has 2 aromatic heterocycles. The molecule has 3 aromatic rings. The molecule has 16 heavy (non-hydrogen) atoms. The summed E-state index contributed by atoms with van der Waals surface area (Å²) in [6.45, 7) is 0. The van der Waals surface area contributed by atoms with Crippen LogP contribution in [0.4, 0.5) is 0 Å². The fraction of sp³-hybridized carbons (Fsp3) is 0. The van der Waals surface area contributed by atoms with Gasteiger partial charge in [0.05, 0.1) is 6.20 Å². The van der Waals surface area contributed by atoms with Gasteiger partial charge in [0.1, 0.15) is 6.26 Å². The van der Waals surface area contributed by atoms with Gasteiger partial charge in [-0.25, -0.2) is 9.97 Å². The zero-order valence-electron chi connectivity index (χ0n) is 8.25. The van der Waals surface area contributed by atoms with E-state index in [1.54, 1.807) is 0 Å². The molecule has 4 nitrogen and oxygen atoms in total. The lowest BCUT2D eigenvalue weighted by atomic mass is 10.2. The Morgan fingerprint density at radius 1 is 1.06 bits per heavy atom. The van der Waals surface area contributed by atoms with Crippen molar-refractivity contribution >= 4 is 0 Å². The molecular formula is C12H7N2O2. The van der Waals surface area contributed by atoms with E-state index < -0.39 is 0 Å². The summed E-state index contributed by atoms with van der Waals surface area (Å²) in [5.41, 5.74) is 1.49. The van der Waals surface area contributed by atoms with Crippen molar-refractivity contribution in [3.8, 4) is 23.0 Å². The molecule has 1 aromatic carbocycles. The van der Waals surface area contributed by atoms with Crippen LogP contribution in [0.25, 0.3) is 23.0 Å². The second-order valence-corrected chi connectivity index (χ2v) is 3.19. The lowest BCUT2D eigenvalue weighted by Gasteiger charge is -1.91. The van der Waals surface area contributed by atoms with Crippen LogP contribution in [-0.4, -0.2) is 9.97 Å². The molecule has 0 spiro atoms. The minimum absolute atomic E-state index is 0.408. The minimum Gasteiger partial charge on any atom is -0.444 e. The van der Waals surface area contributed by atoms with Crippen LogP contribution in [-0.2, 0) is 0 Å². The van der Waals surface area contributed by atoms with Crippen LogP contribution >= 0.6 is 0 Å². The zero-order valence-corrected chi connectivity index (χ0v) is 8.25. The molecule has 0 N–H and O–H groups in total. The molecule has 0 atom stereocenters. The molecule has 4 heteroatoms. The van der Waals surface area contributed by atoms with Crippen LogP contribution in [0.1, 0.15) is 0 Å². The van der Waals surface area contributed by atoms with Crippen molar-refractivity contribution < 1.29 is 8.83 Å². The predicted molar refractivity (Wildman–Crippen MR) is 56.3 cm³/mol. The second kappa shape index (κ2) is 3.66. The molecule has 0 bridgehead atoms. The molecular weight excluding hydrogens is 204 g/mol. The Balaban J connectivity index is 2.00. The Kier molecular flexibility index (Phi) is 2.04. The average Bonchev–Trinajstić information content (AvgIpc) is 3.01. The third-order valence-electron chi connectivity index (χ3n) is 2.13. The van der Waals surface area contributed by atoms with Crippen molar-refractivity contribution in [2.24, 2.45) is 0 Å². The highest BCUT2D eigenvalue weighted by molar-refractivity contribution is 5.57. The molecule has 0 saturated heterocycles. The highest BCUT2D eigenvalue weighted by Gasteiger charge is 2.10. The number of nitrogens with zero attached hydrogens (tertiary/aromatic N) is 2. The third kappa shape index (κ3) is 1.50. The average molecular weight is 211 g/mol. The number of hydrogen-bond donors (Lipinski definition) is 0. The van der Waals surface area contributed by atoms with Crippen LogP contribution in [0.3, 0.4) is 0 Å². The number of aromatic nitrogens is 2. The summed E-state index contributed by atoms with van der Waals surface area (Å²) in [5, 5.41) is 0. The fourth-order valence-electron chi connectivity index (χ4n) is 1.40. The van der Waals surface area contributed by atoms with E-state index in [1.807, 2.05) is 30.3 Å². The summed E-state index contributed by atoms with van der Waals surface area (Å²) in [4.78, 5) is 8.23. The number of rotatable bonds is 2. The first kappa shape index (κ1) is 8.91. The number of hydrogen-bond acceptors (Lipinski definition) is 4. The van der Waals surface area contributed by atoms with Crippen LogP contribution in [0, 0.1) is 6.26 Å². The predicted octanol–water partition coefficient (Wildman–Crippen LogP) is 2.80. The monoisotopic (exact) mass is 211 g/mol. The molecule has 0 fully saturated rings. The quantitative estimate of drug-likeness (QED) is 0.654. The molecule has 2 heterocycles. The van der Waals surface area contributed by atoms with E-state index in [1.165, 1.54) is 12.5 Å². The summed E-state index contributed by atoms with van der Waals surface area (Å²) in [5.74, 6) is 0.958. The van der Waals surface area contributed by atoms with E-state index in [-0.39, 0.29) is 0 Å². The van der Waals surface area contributed by atoms with Crippen LogP contribution < -0.4 is 0 Å². The van der Waals surface area contributed by atoms with Crippen molar-refractivity contribution in [3.05, 3.63) is 49.1 Å². The molecule has 3 rings (SSSR count). The van der Waals surface area contributed by atoms with Crippen molar-refractivity contribution in [1.82, 2.24) is 9.97 Å². The number of oxazole rings is 2. The zero-order chi connectivity index (χ0) is 10.8. The molecule has 0 unspecified atom stereocenters. The van der Waals surface area contributed by atoms with E-state index in [0.717, 1.165) is 5.56 Å². The Morgan fingerprint density at radius 2 is 1.94 bits per heavy atom. The van der Waals surface area contributed by atoms with Gasteiger partial charge < -0.3 is 8.83 Å². The summed E-state index contributed by atoms with van der Waals surface area (Å²) in [6, 6.07) is 9.65. The van der Waals surface area contributed by atoms with Crippen molar-refractivity contribution in [1.29, 1.82) is 0 Å². The lowest BCUT2D eigenvalue weighted by molar-refractivity contribution is 0.558. The first-order valence-corrected chi connectivity index (χ1v) is 4.77. The highest BCUT2D eigenvalue weighted by Crippen LogP contribution is 2.22. The van der Waals surface area contributed by atoms with E-state index >= 15 is 0 Å². The maximum Gasteiger partial charge on any atom is 0.249 e. The molecule has 0 aliphatic heterocycles. The molecule has 0 amide bonds. The van der Waals surface area contributed by atoms with Gasteiger partial charge in [0.2, 0.25) is 11.8 Å². The lowest BCUT2D eigenvalue weighted by Crippen LogP contribution is -1.78. The van der Waals surface area contributed by atoms with Crippen LogP contribution in [0.5, 0.6) is 0 Å². The first-order chi connectivity index (χ1) is 7.93. The smallest absolute Gasteiger partial charge is 0.249 e. The highest BCUT2D eigenvalue weighted by atomic mass is 16.4. The van der Waals surface area contributed by atoms with Gasteiger partial charge in [-0.2, -0.15) is 0 Å². The van der Waals surface area contributed by atoms with E-state index in [0.29, 0.717) is 17.5 Å². The molecule has 0 saturated carbocycles. The Hall–Kier alpha value is -2.36. The summed E-state index contributed by atoms with van der Waals surface area (Å²) in [6.07, 6.45) is 5.48. The standard InChI is InChI=1S/C12H7N2O2/c1-2-4-9(5-3-1)11-14-10(8-16-11)12-13-6-7-15-12/h1-6,8H. The van der Waals surface area contributed by atoms with E-state index in [2.05, 4.69) is 16.2 Å². The van der Waals surface area contributed by atoms with Gasteiger partial charge in [-0.1, -0.05) is 18.2 Å². The maximum atomic E-state index is 5.35. The largest absolute Gasteiger partial charge is 0.444 e. The SMILES string of the molecule is [c]1cnc(-c2coc(-c3ccccc3)n2)o1. The Morgan fingerprint density at radius 3 is 2.69 bits per heavy atom. The summed E-state index contributed by atoms with van der Waals surface area (Å²) < 4.78 is 10.4. The fourth-order valence-corrected chi connectivity index (χ4v) is 1.40. The van der Waals surface area contributed by atoms with E-state index in [4.69, 9.17) is 8.83 Å². The Labute approximate surface area is 91.6 Å². The molecule has 0 aliphatic rings. The van der Waals surface area contributed by atoms with Gasteiger partial charge in [0.15, 0.2) is 12.0 Å². The van der Waals surface area contributed by atoms with Crippen LogP contribution in [0.2, 0.25) is 0 Å². The normalized spacial score (nSPS) is 10.5. The molecule has 77 valence electrons. The molecule has 0 aliphatic carbocycles. The second-order valence-electron chi connectivity index (χ2n) is 3.19. The first-order valence-electron chi connectivity index (χ1n) is 4.77. The summed E-state index contributed by atoms with van der Waals surface area (Å²) >= 11 is 0. The van der Waals surface area contributed by atoms with Crippen molar-refractivity contribution in [2.45, 2.75) is 0 Å². The van der Waals surface area contributed by atoms with Gasteiger partial charge >= 0.3 is 0 Å². The maximum absolute atomic E-state index is 5.35. The minimum atomic E-state index is 0.408. The third-order valence-corrected chi connectivity index (χ3v) is 2.13. The Bertz CT molecular complexity index is 570.